The second-order valence-electron chi connectivity index (χ2n) is 7.83. The van der Waals surface area contributed by atoms with Crippen molar-refractivity contribution >= 4 is 28.5 Å². The summed E-state index contributed by atoms with van der Waals surface area (Å²) in [6, 6.07) is 17.1. The van der Waals surface area contributed by atoms with Crippen molar-refractivity contribution in [3.8, 4) is 0 Å². The lowest BCUT2D eigenvalue weighted by atomic mass is 9.84. The van der Waals surface area contributed by atoms with Crippen molar-refractivity contribution in [2.24, 2.45) is 5.92 Å². The fourth-order valence-corrected chi connectivity index (χ4v) is 4.18. The van der Waals surface area contributed by atoms with Crippen LogP contribution in [0.3, 0.4) is 0 Å². The number of ether oxygens (including phenoxy) is 1. The Morgan fingerprint density at radius 3 is 2.60 bits per heavy atom. The molecular weight excluding hydrogens is 376 g/mol. The average Bonchev–Trinajstić information content (AvgIpc) is 2.77. The first-order valence-corrected chi connectivity index (χ1v) is 10.5. The summed E-state index contributed by atoms with van der Waals surface area (Å²) in [5.41, 5.74) is 4.10. The number of para-hydroxylation sites is 2. The lowest BCUT2D eigenvalue weighted by Gasteiger charge is -2.24. The fraction of sp³-hybridized carbons (Fsp3) is 0.320. The standard InChI is InChI=1S/C25H26N2O3/c1-3-27(18-9-5-4-6-10-18)23(28)16-30-25(29)24-19-11-7-8-12-21(19)26-22-14-13-17(2)15-20(22)24/h4-12,17H,3,13-16H2,1-2H3/t17-/m0/s1. The van der Waals surface area contributed by atoms with Crippen LogP contribution in [0, 0.1) is 5.92 Å². The van der Waals surface area contributed by atoms with Crippen LogP contribution >= 0.6 is 0 Å². The molecule has 1 amide bonds. The monoisotopic (exact) mass is 402 g/mol. The van der Waals surface area contributed by atoms with E-state index in [1.54, 1.807) is 4.90 Å². The molecule has 3 aromatic rings. The third kappa shape index (κ3) is 3.92. The van der Waals surface area contributed by atoms with Crippen LogP contribution in [0.5, 0.6) is 0 Å². The van der Waals surface area contributed by atoms with Gasteiger partial charge < -0.3 is 9.64 Å². The third-order valence-electron chi connectivity index (χ3n) is 5.72. The van der Waals surface area contributed by atoms with Crippen LogP contribution in [0.25, 0.3) is 10.9 Å². The molecule has 0 unspecified atom stereocenters. The summed E-state index contributed by atoms with van der Waals surface area (Å²) in [6.07, 6.45) is 2.72. The molecule has 1 heterocycles. The highest BCUT2D eigenvalue weighted by atomic mass is 16.5. The van der Waals surface area contributed by atoms with E-state index in [4.69, 9.17) is 9.72 Å². The molecule has 30 heavy (non-hydrogen) atoms. The van der Waals surface area contributed by atoms with Crippen molar-refractivity contribution in [3.05, 3.63) is 71.4 Å². The van der Waals surface area contributed by atoms with E-state index in [-0.39, 0.29) is 12.5 Å². The minimum Gasteiger partial charge on any atom is -0.452 e. The molecule has 4 rings (SSSR count). The number of anilines is 1. The van der Waals surface area contributed by atoms with Crippen molar-refractivity contribution in [2.75, 3.05) is 18.1 Å². The number of carbonyl (C=O) groups excluding carboxylic acids is 2. The summed E-state index contributed by atoms with van der Waals surface area (Å²) >= 11 is 0. The molecule has 2 aromatic carbocycles. The Balaban J connectivity index is 1.60. The van der Waals surface area contributed by atoms with Crippen molar-refractivity contribution in [1.82, 2.24) is 4.98 Å². The summed E-state index contributed by atoms with van der Waals surface area (Å²) in [5, 5.41) is 0.790. The number of fused-ring (bicyclic) bond motifs is 2. The molecule has 5 nitrogen and oxygen atoms in total. The first kappa shape index (κ1) is 20.1. The van der Waals surface area contributed by atoms with Crippen LogP contribution in [-0.2, 0) is 22.4 Å². The number of hydrogen-bond acceptors (Lipinski definition) is 4. The van der Waals surface area contributed by atoms with E-state index in [2.05, 4.69) is 6.92 Å². The summed E-state index contributed by atoms with van der Waals surface area (Å²) in [4.78, 5) is 32.3. The highest BCUT2D eigenvalue weighted by molar-refractivity contribution is 6.06. The van der Waals surface area contributed by atoms with Crippen LogP contribution in [0.4, 0.5) is 5.69 Å². The molecule has 0 bridgehead atoms. The van der Waals surface area contributed by atoms with Crippen LogP contribution in [-0.4, -0.2) is 30.0 Å². The van der Waals surface area contributed by atoms with Gasteiger partial charge in [0, 0.05) is 23.3 Å². The van der Waals surface area contributed by atoms with Crippen molar-refractivity contribution in [3.63, 3.8) is 0 Å². The van der Waals surface area contributed by atoms with Gasteiger partial charge in [-0.05, 0) is 55.9 Å². The Morgan fingerprint density at radius 1 is 1.10 bits per heavy atom. The number of aryl methyl sites for hydroxylation is 1. The topological polar surface area (TPSA) is 59.5 Å². The van der Waals surface area contributed by atoms with E-state index in [0.29, 0.717) is 18.0 Å². The molecule has 0 radical (unpaired) electrons. The Bertz CT molecular complexity index is 1080. The maximum atomic E-state index is 13.2. The molecule has 0 fully saturated rings. The Kier molecular flexibility index (Phi) is 5.79. The third-order valence-corrected chi connectivity index (χ3v) is 5.72. The zero-order chi connectivity index (χ0) is 21.1. The molecule has 1 aliphatic rings. The second kappa shape index (κ2) is 8.66. The summed E-state index contributed by atoms with van der Waals surface area (Å²) < 4.78 is 5.55. The minimum atomic E-state index is -0.448. The Hall–Kier alpha value is -3.21. The molecule has 154 valence electrons. The smallest absolute Gasteiger partial charge is 0.339 e. The van der Waals surface area contributed by atoms with Gasteiger partial charge in [-0.3, -0.25) is 9.78 Å². The van der Waals surface area contributed by atoms with Gasteiger partial charge in [0.15, 0.2) is 6.61 Å². The van der Waals surface area contributed by atoms with Gasteiger partial charge in [-0.25, -0.2) is 4.79 Å². The average molecular weight is 402 g/mol. The van der Waals surface area contributed by atoms with Crippen LogP contribution in [0.2, 0.25) is 0 Å². The SMILES string of the molecule is CCN(C(=O)COC(=O)c1c2c(nc3ccccc13)CC[C@H](C)C2)c1ccccc1. The van der Waals surface area contributed by atoms with Crippen molar-refractivity contribution in [2.45, 2.75) is 33.1 Å². The Labute approximate surface area is 176 Å². The zero-order valence-electron chi connectivity index (χ0n) is 17.4. The van der Waals surface area contributed by atoms with E-state index in [9.17, 15) is 9.59 Å². The highest BCUT2D eigenvalue weighted by Crippen LogP contribution is 2.32. The normalized spacial score (nSPS) is 15.5. The first-order chi connectivity index (χ1) is 14.6. The molecule has 1 atom stereocenters. The van der Waals surface area contributed by atoms with Gasteiger partial charge in [0.05, 0.1) is 11.1 Å². The van der Waals surface area contributed by atoms with Gasteiger partial charge in [0.1, 0.15) is 0 Å². The predicted octanol–water partition coefficient (Wildman–Crippen LogP) is 4.57. The van der Waals surface area contributed by atoms with Gasteiger partial charge in [0.2, 0.25) is 0 Å². The number of aromatic nitrogens is 1. The van der Waals surface area contributed by atoms with Gasteiger partial charge >= 0.3 is 5.97 Å². The van der Waals surface area contributed by atoms with E-state index < -0.39 is 5.97 Å². The maximum Gasteiger partial charge on any atom is 0.339 e. The lowest BCUT2D eigenvalue weighted by Crippen LogP contribution is -2.34. The molecule has 5 heteroatoms. The number of likely N-dealkylation sites (N-methyl/N-ethyl adjacent to an activating group) is 1. The Morgan fingerprint density at radius 2 is 1.83 bits per heavy atom. The molecule has 0 saturated heterocycles. The van der Waals surface area contributed by atoms with E-state index in [1.165, 1.54) is 0 Å². The van der Waals surface area contributed by atoms with Crippen LogP contribution < -0.4 is 4.90 Å². The molecule has 0 spiro atoms. The first-order valence-electron chi connectivity index (χ1n) is 10.5. The predicted molar refractivity (Wildman–Crippen MR) is 118 cm³/mol. The largest absolute Gasteiger partial charge is 0.452 e. The number of amides is 1. The molecule has 0 saturated carbocycles. The summed E-state index contributed by atoms with van der Waals surface area (Å²) in [6.45, 7) is 4.31. The molecule has 0 N–H and O–H groups in total. The number of carbonyl (C=O) groups is 2. The van der Waals surface area contributed by atoms with Gasteiger partial charge in [0.25, 0.3) is 5.91 Å². The molecule has 0 aliphatic heterocycles. The van der Waals surface area contributed by atoms with Crippen molar-refractivity contribution < 1.29 is 14.3 Å². The summed E-state index contributed by atoms with van der Waals surface area (Å²) in [7, 11) is 0. The van der Waals surface area contributed by atoms with Crippen LogP contribution in [0.1, 0.15) is 41.9 Å². The highest BCUT2D eigenvalue weighted by Gasteiger charge is 2.27. The van der Waals surface area contributed by atoms with E-state index >= 15 is 0 Å². The molecule has 1 aromatic heterocycles. The number of nitrogens with zero attached hydrogens (tertiary/aromatic N) is 2. The van der Waals surface area contributed by atoms with Gasteiger partial charge in [-0.1, -0.05) is 43.3 Å². The molecular formula is C25H26N2O3. The van der Waals surface area contributed by atoms with Crippen molar-refractivity contribution in [1.29, 1.82) is 0 Å². The van der Waals surface area contributed by atoms with E-state index in [1.807, 2.05) is 61.5 Å². The zero-order valence-corrected chi connectivity index (χ0v) is 17.4. The van der Waals surface area contributed by atoms with Crippen LogP contribution in [0.15, 0.2) is 54.6 Å². The second-order valence-corrected chi connectivity index (χ2v) is 7.83. The lowest BCUT2D eigenvalue weighted by molar-refractivity contribution is -0.121. The number of pyridine rings is 1. The quantitative estimate of drug-likeness (QED) is 0.587. The van der Waals surface area contributed by atoms with E-state index in [0.717, 1.165) is 47.1 Å². The summed E-state index contributed by atoms with van der Waals surface area (Å²) in [5.74, 6) is -0.198. The van der Waals surface area contributed by atoms with Gasteiger partial charge in [-0.15, -0.1) is 0 Å². The minimum absolute atomic E-state index is 0.238. The fourth-order valence-electron chi connectivity index (χ4n) is 4.18. The molecule has 1 aliphatic carbocycles. The number of rotatable bonds is 5. The van der Waals surface area contributed by atoms with Gasteiger partial charge in [-0.2, -0.15) is 0 Å². The number of esters is 1. The maximum absolute atomic E-state index is 13.2. The number of benzene rings is 2. The number of hydrogen-bond donors (Lipinski definition) is 0.